The van der Waals surface area contributed by atoms with E-state index in [9.17, 15) is 0 Å². The number of hydrogen-bond donors (Lipinski definition) is 2. The normalized spacial score (nSPS) is 16.2. The largest absolute Gasteiger partial charge is 0.491 e. The molecule has 0 spiro atoms. The van der Waals surface area contributed by atoms with Crippen LogP contribution in [-0.4, -0.2) is 13.7 Å². The van der Waals surface area contributed by atoms with Gasteiger partial charge in [0.05, 0.1) is 12.3 Å². The Morgan fingerprint density at radius 1 is 1.57 bits per heavy atom. The summed E-state index contributed by atoms with van der Waals surface area (Å²) < 4.78 is 5.59. The molecule has 1 aliphatic carbocycles. The van der Waals surface area contributed by atoms with E-state index in [-0.39, 0.29) is 0 Å². The summed E-state index contributed by atoms with van der Waals surface area (Å²) in [6.45, 7) is 8.18. The monoisotopic (exact) mass is 194 g/mol. The van der Waals surface area contributed by atoms with Gasteiger partial charge in [0.1, 0.15) is 5.76 Å². The molecule has 0 aliphatic heterocycles. The summed E-state index contributed by atoms with van der Waals surface area (Å²) in [5.74, 6) is 1.40. The van der Waals surface area contributed by atoms with Gasteiger partial charge < -0.3 is 15.8 Å². The molecule has 0 atom stereocenters. The first-order valence-corrected chi connectivity index (χ1v) is 4.79. The fourth-order valence-corrected chi connectivity index (χ4v) is 1.000. The van der Waals surface area contributed by atoms with Crippen LogP contribution in [0.15, 0.2) is 36.4 Å². The van der Waals surface area contributed by atoms with Crippen molar-refractivity contribution in [2.75, 3.05) is 13.7 Å². The van der Waals surface area contributed by atoms with Crippen LogP contribution in [0.2, 0.25) is 0 Å². The van der Waals surface area contributed by atoms with Crippen LogP contribution < -0.4 is 11.1 Å². The number of ether oxygens (including phenoxy) is 1. The lowest BCUT2D eigenvalue weighted by molar-refractivity contribution is 0.204. The number of hydrogen-bond acceptors (Lipinski definition) is 3. The zero-order valence-electron chi connectivity index (χ0n) is 8.68. The molecule has 1 aliphatic rings. The van der Waals surface area contributed by atoms with Crippen LogP contribution in [0.1, 0.15) is 12.8 Å². The molecular formula is C11H18N2O. The van der Waals surface area contributed by atoms with Gasteiger partial charge in [-0.2, -0.15) is 0 Å². The number of rotatable bonds is 6. The van der Waals surface area contributed by atoms with Gasteiger partial charge in [-0.25, -0.2) is 0 Å². The molecule has 1 fully saturated rings. The van der Waals surface area contributed by atoms with Crippen molar-refractivity contribution >= 4 is 0 Å². The highest BCUT2D eigenvalue weighted by Gasteiger charge is 2.22. The maximum absolute atomic E-state index is 5.59. The van der Waals surface area contributed by atoms with Crippen molar-refractivity contribution < 1.29 is 4.74 Å². The lowest BCUT2D eigenvalue weighted by Gasteiger charge is -2.12. The molecule has 0 bridgehead atoms. The Labute approximate surface area is 85.3 Å². The minimum absolute atomic E-state index is 0.479. The molecule has 3 N–H and O–H groups in total. The first kappa shape index (κ1) is 10.7. The van der Waals surface area contributed by atoms with E-state index in [1.54, 1.807) is 13.1 Å². The van der Waals surface area contributed by atoms with Gasteiger partial charge >= 0.3 is 0 Å². The molecule has 0 heterocycles. The minimum Gasteiger partial charge on any atom is -0.491 e. The van der Waals surface area contributed by atoms with Crippen molar-refractivity contribution in [3.8, 4) is 0 Å². The highest BCUT2D eigenvalue weighted by atomic mass is 16.5. The van der Waals surface area contributed by atoms with E-state index in [2.05, 4.69) is 18.5 Å². The van der Waals surface area contributed by atoms with E-state index < -0.39 is 0 Å². The van der Waals surface area contributed by atoms with E-state index >= 15 is 0 Å². The summed E-state index contributed by atoms with van der Waals surface area (Å²) in [5, 5.41) is 2.93. The summed E-state index contributed by atoms with van der Waals surface area (Å²) in [4.78, 5) is 0. The summed E-state index contributed by atoms with van der Waals surface area (Å²) >= 11 is 0. The predicted molar refractivity (Wildman–Crippen MR) is 58.3 cm³/mol. The van der Waals surface area contributed by atoms with Crippen molar-refractivity contribution in [3.63, 3.8) is 0 Å². The van der Waals surface area contributed by atoms with E-state index in [1.165, 1.54) is 12.8 Å². The Balaban J connectivity index is 2.50. The van der Waals surface area contributed by atoms with Gasteiger partial charge in [0.25, 0.3) is 0 Å². The van der Waals surface area contributed by atoms with Gasteiger partial charge in [0.2, 0.25) is 0 Å². The third-order valence-corrected chi connectivity index (χ3v) is 2.09. The zero-order valence-corrected chi connectivity index (χ0v) is 8.68. The average molecular weight is 194 g/mol. The Morgan fingerprint density at radius 2 is 2.21 bits per heavy atom. The van der Waals surface area contributed by atoms with Crippen LogP contribution in [0.4, 0.5) is 0 Å². The lowest BCUT2D eigenvalue weighted by atomic mass is 10.3. The van der Waals surface area contributed by atoms with Crippen molar-refractivity contribution in [3.05, 3.63) is 36.4 Å². The number of allylic oxidation sites excluding steroid dienone is 1. The van der Waals surface area contributed by atoms with Gasteiger partial charge in [-0.3, -0.25) is 0 Å². The molecule has 3 heteroatoms. The lowest BCUT2D eigenvalue weighted by Crippen LogP contribution is -2.11. The molecule has 78 valence electrons. The average Bonchev–Trinajstić information content (AvgIpc) is 2.93. The molecule has 14 heavy (non-hydrogen) atoms. The fraction of sp³-hybridized carbons (Fsp3) is 0.455. The van der Waals surface area contributed by atoms with Crippen LogP contribution in [0.5, 0.6) is 0 Å². The van der Waals surface area contributed by atoms with Gasteiger partial charge in [0.15, 0.2) is 0 Å². The quantitative estimate of drug-likeness (QED) is 0.497. The molecule has 0 saturated heterocycles. The SMILES string of the molecule is C=C(N)/C=C(/OCC1CC1)C(=C)NC. The maximum Gasteiger partial charge on any atom is 0.143 e. The number of likely N-dealkylation sites (N-methyl/N-ethyl adjacent to an activating group) is 1. The summed E-state index contributed by atoms with van der Waals surface area (Å²) in [5.41, 5.74) is 6.70. The van der Waals surface area contributed by atoms with E-state index in [0.717, 1.165) is 12.3 Å². The third kappa shape index (κ3) is 3.56. The Hall–Kier alpha value is -1.38. The molecule has 0 aromatic carbocycles. The zero-order chi connectivity index (χ0) is 10.6. The van der Waals surface area contributed by atoms with Gasteiger partial charge in [-0.1, -0.05) is 13.2 Å². The van der Waals surface area contributed by atoms with Gasteiger partial charge in [-0.15, -0.1) is 0 Å². The van der Waals surface area contributed by atoms with Gasteiger partial charge in [-0.05, 0) is 18.8 Å². The van der Waals surface area contributed by atoms with Crippen LogP contribution in [-0.2, 0) is 4.74 Å². The second-order valence-electron chi connectivity index (χ2n) is 3.57. The topological polar surface area (TPSA) is 47.3 Å². The maximum atomic E-state index is 5.59. The molecule has 1 rings (SSSR count). The standard InChI is InChI=1S/C11H18N2O/c1-8(12)6-11(9(2)13-3)14-7-10-4-5-10/h6,10,13H,1-2,4-5,7,12H2,3H3/b11-6+. The summed E-state index contributed by atoms with van der Waals surface area (Å²) in [6, 6.07) is 0. The molecule has 0 unspecified atom stereocenters. The first-order chi connectivity index (χ1) is 6.63. The minimum atomic E-state index is 0.479. The molecular weight excluding hydrogens is 176 g/mol. The fourth-order valence-electron chi connectivity index (χ4n) is 1.000. The predicted octanol–water partition coefficient (Wildman–Crippen LogP) is 1.50. The van der Waals surface area contributed by atoms with Crippen molar-refractivity contribution in [1.82, 2.24) is 5.32 Å². The van der Waals surface area contributed by atoms with Crippen molar-refractivity contribution in [1.29, 1.82) is 0 Å². The van der Waals surface area contributed by atoms with Crippen LogP contribution in [0, 0.1) is 5.92 Å². The molecule has 0 aromatic heterocycles. The summed E-state index contributed by atoms with van der Waals surface area (Å²) in [7, 11) is 1.80. The second-order valence-corrected chi connectivity index (χ2v) is 3.57. The Bertz CT molecular complexity index is 264. The highest BCUT2D eigenvalue weighted by Crippen LogP contribution is 2.30. The Kier molecular flexibility index (Phi) is 3.63. The smallest absolute Gasteiger partial charge is 0.143 e. The van der Waals surface area contributed by atoms with E-state index in [1.807, 2.05) is 0 Å². The van der Waals surface area contributed by atoms with Crippen LogP contribution >= 0.6 is 0 Å². The molecule has 0 aromatic rings. The molecule has 3 nitrogen and oxygen atoms in total. The molecule has 0 amide bonds. The first-order valence-electron chi connectivity index (χ1n) is 4.79. The number of nitrogens with one attached hydrogen (secondary N) is 1. The Morgan fingerprint density at radius 3 is 2.64 bits per heavy atom. The van der Waals surface area contributed by atoms with Gasteiger partial charge in [0, 0.05) is 18.8 Å². The number of nitrogens with two attached hydrogens (primary N) is 1. The summed E-state index contributed by atoms with van der Waals surface area (Å²) in [6.07, 6.45) is 4.23. The van der Waals surface area contributed by atoms with Crippen LogP contribution in [0.25, 0.3) is 0 Å². The van der Waals surface area contributed by atoms with Crippen molar-refractivity contribution in [2.24, 2.45) is 11.7 Å². The molecule has 1 saturated carbocycles. The van der Waals surface area contributed by atoms with Crippen LogP contribution in [0.3, 0.4) is 0 Å². The van der Waals surface area contributed by atoms with E-state index in [0.29, 0.717) is 17.4 Å². The van der Waals surface area contributed by atoms with E-state index in [4.69, 9.17) is 10.5 Å². The third-order valence-electron chi connectivity index (χ3n) is 2.09. The van der Waals surface area contributed by atoms with Crippen molar-refractivity contribution in [2.45, 2.75) is 12.8 Å². The second kappa shape index (κ2) is 4.74. The molecule has 0 radical (unpaired) electrons. The highest BCUT2D eigenvalue weighted by molar-refractivity contribution is 5.27.